The molecule has 1 N–H and O–H groups in total. The summed E-state index contributed by atoms with van der Waals surface area (Å²) in [6.07, 6.45) is 6.37. The number of fused-ring (bicyclic) bond motifs is 1. The van der Waals surface area contributed by atoms with Gasteiger partial charge < -0.3 is 9.84 Å². The van der Waals surface area contributed by atoms with E-state index in [2.05, 4.69) is 0 Å². The predicted octanol–water partition coefficient (Wildman–Crippen LogP) is 1.12. The van der Waals surface area contributed by atoms with Crippen LogP contribution in [-0.2, 0) is 9.53 Å². The van der Waals surface area contributed by atoms with Crippen LogP contribution in [0.3, 0.4) is 0 Å². The molecule has 0 heterocycles. The molecule has 4 atom stereocenters. The number of ether oxygens (including phenoxy) is 1. The van der Waals surface area contributed by atoms with Gasteiger partial charge in [0, 0.05) is 0 Å². The Kier molecular flexibility index (Phi) is 2.59. The minimum Gasteiger partial charge on any atom is -0.469 e. The van der Waals surface area contributed by atoms with E-state index in [0.717, 1.165) is 19.3 Å². The van der Waals surface area contributed by atoms with Gasteiger partial charge in [-0.3, -0.25) is 4.79 Å². The number of hydrogen-bond donors (Lipinski definition) is 1. The first-order valence-corrected chi connectivity index (χ1v) is 5.16. The maximum absolute atomic E-state index is 11.5. The van der Waals surface area contributed by atoms with Crippen molar-refractivity contribution >= 4 is 5.97 Å². The molecule has 14 heavy (non-hydrogen) atoms. The van der Waals surface area contributed by atoms with Crippen LogP contribution >= 0.6 is 0 Å². The van der Waals surface area contributed by atoms with Gasteiger partial charge in [0.15, 0.2) is 0 Å². The molecule has 0 amide bonds. The molecule has 1 fully saturated rings. The lowest BCUT2D eigenvalue weighted by Gasteiger charge is -2.28. The second-order valence-corrected chi connectivity index (χ2v) is 4.19. The number of esters is 1. The van der Waals surface area contributed by atoms with E-state index in [9.17, 15) is 9.90 Å². The highest BCUT2D eigenvalue weighted by Crippen LogP contribution is 2.43. The van der Waals surface area contributed by atoms with Gasteiger partial charge in [-0.25, -0.2) is 0 Å². The number of allylic oxidation sites excluding steroid dienone is 1. The number of carbonyl (C=O) groups is 1. The first-order chi connectivity index (χ1) is 6.74. The molecule has 0 radical (unpaired) electrons. The van der Waals surface area contributed by atoms with Gasteiger partial charge in [-0.05, 0) is 31.1 Å². The minimum absolute atomic E-state index is 0.129. The maximum atomic E-state index is 11.5. The van der Waals surface area contributed by atoms with Gasteiger partial charge in [0.25, 0.3) is 0 Å². The summed E-state index contributed by atoms with van der Waals surface area (Å²) >= 11 is 0. The SMILES string of the molecule is COC(=O)[C@H]1C=CC[C@H]2[C@@H]1CC[C@H]2O. The van der Waals surface area contributed by atoms with Crippen molar-refractivity contribution in [2.75, 3.05) is 7.11 Å². The molecule has 2 aliphatic carbocycles. The molecule has 0 aliphatic heterocycles. The molecule has 3 nitrogen and oxygen atoms in total. The summed E-state index contributed by atoms with van der Waals surface area (Å²) in [5.74, 6) is 0.271. The van der Waals surface area contributed by atoms with Crippen molar-refractivity contribution in [3.63, 3.8) is 0 Å². The van der Waals surface area contributed by atoms with Crippen LogP contribution in [0.15, 0.2) is 12.2 Å². The van der Waals surface area contributed by atoms with Gasteiger partial charge in [0.05, 0.1) is 19.1 Å². The second-order valence-electron chi connectivity index (χ2n) is 4.19. The van der Waals surface area contributed by atoms with E-state index in [1.54, 1.807) is 0 Å². The van der Waals surface area contributed by atoms with E-state index in [4.69, 9.17) is 4.74 Å². The lowest BCUT2D eigenvalue weighted by atomic mass is 9.77. The lowest BCUT2D eigenvalue weighted by molar-refractivity contribution is -0.146. The summed E-state index contributed by atoms with van der Waals surface area (Å²) in [5.41, 5.74) is 0. The third-order valence-corrected chi connectivity index (χ3v) is 3.53. The van der Waals surface area contributed by atoms with Gasteiger partial charge in [0.1, 0.15) is 0 Å². The minimum atomic E-state index is -0.225. The van der Waals surface area contributed by atoms with Crippen LogP contribution in [0.4, 0.5) is 0 Å². The molecule has 0 aromatic carbocycles. The highest BCUT2D eigenvalue weighted by molar-refractivity contribution is 5.75. The van der Waals surface area contributed by atoms with Crippen molar-refractivity contribution in [1.82, 2.24) is 0 Å². The van der Waals surface area contributed by atoms with E-state index < -0.39 is 0 Å². The molecule has 0 unspecified atom stereocenters. The number of rotatable bonds is 1. The molecule has 2 rings (SSSR count). The zero-order chi connectivity index (χ0) is 10.1. The van der Waals surface area contributed by atoms with Gasteiger partial charge in [0.2, 0.25) is 0 Å². The van der Waals surface area contributed by atoms with Crippen molar-refractivity contribution in [1.29, 1.82) is 0 Å². The summed E-state index contributed by atoms with van der Waals surface area (Å²) < 4.78 is 4.76. The summed E-state index contributed by atoms with van der Waals surface area (Å²) in [7, 11) is 1.42. The van der Waals surface area contributed by atoms with Crippen LogP contribution in [0.25, 0.3) is 0 Å². The lowest BCUT2D eigenvalue weighted by Crippen LogP contribution is -2.31. The Morgan fingerprint density at radius 3 is 2.93 bits per heavy atom. The van der Waals surface area contributed by atoms with E-state index in [-0.39, 0.29) is 23.9 Å². The number of aliphatic hydroxyl groups excluding tert-OH is 1. The predicted molar refractivity (Wildman–Crippen MR) is 51.5 cm³/mol. The first kappa shape index (κ1) is 9.71. The zero-order valence-electron chi connectivity index (χ0n) is 8.35. The fourth-order valence-corrected chi connectivity index (χ4v) is 2.77. The fourth-order valence-electron chi connectivity index (χ4n) is 2.77. The number of methoxy groups -OCH3 is 1. The van der Waals surface area contributed by atoms with Crippen molar-refractivity contribution in [2.24, 2.45) is 17.8 Å². The van der Waals surface area contributed by atoms with E-state index in [1.165, 1.54) is 7.11 Å². The van der Waals surface area contributed by atoms with Crippen molar-refractivity contribution in [2.45, 2.75) is 25.4 Å². The Hall–Kier alpha value is -0.830. The molecule has 0 saturated heterocycles. The average Bonchev–Trinajstić information content (AvgIpc) is 2.59. The molecule has 78 valence electrons. The van der Waals surface area contributed by atoms with Crippen LogP contribution < -0.4 is 0 Å². The average molecular weight is 196 g/mol. The molecular formula is C11H16O3. The molecule has 0 aromatic rings. The smallest absolute Gasteiger partial charge is 0.312 e. The van der Waals surface area contributed by atoms with Crippen molar-refractivity contribution in [3.05, 3.63) is 12.2 Å². The Bertz CT molecular complexity index is 259. The van der Waals surface area contributed by atoms with Crippen molar-refractivity contribution in [3.8, 4) is 0 Å². The summed E-state index contributed by atoms with van der Waals surface area (Å²) in [4.78, 5) is 11.5. The quantitative estimate of drug-likeness (QED) is 0.505. The summed E-state index contributed by atoms with van der Waals surface area (Å²) in [6, 6.07) is 0. The van der Waals surface area contributed by atoms with Crippen LogP contribution in [-0.4, -0.2) is 24.3 Å². The van der Waals surface area contributed by atoms with Gasteiger partial charge >= 0.3 is 5.97 Å². The standard InChI is InChI=1S/C11H16O3/c1-14-11(13)9-4-2-3-8-7(9)5-6-10(8)12/h2,4,7-10,12H,3,5-6H2,1H3/t7-,8-,9-,10+/m0/s1. The molecule has 0 aromatic heterocycles. The second kappa shape index (κ2) is 3.73. The van der Waals surface area contributed by atoms with Gasteiger partial charge in [-0.2, -0.15) is 0 Å². The van der Waals surface area contributed by atoms with E-state index in [1.807, 2.05) is 12.2 Å². The Morgan fingerprint density at radius 1 is 1.43 bits per heavy atom. The normalized spacial score (nSPS) is 40.7. The van der Waals surface area contributed by atoms with E-state index >= 15 is 0 Å². The Labute approximate surface area is 83.8 Å². The van der Waals surface area contributed by atoms with Crippen molar-refractivity contribution < 1.29 is 14.6 Å². The molecule has 2 aliphatic rings. The topological polar surface area (TPSA) is 46.5 Å². The molecule has 3 heteroatoms. The summed E-state index contributed by atoms with van der Waals surface area (Å²) in [6.45, 7) is 0. The molecule has 0 bridgehead atoms. The van der Waals surface area contributed by atoms with Crippen LogP contribution in [0.1, 0.15) is 19.3 Å². The molecular weight excluding hydrogens is 180 g/mol. The van der Waals surface area contributed by atoms with Crippen LogP contribution in [0.2, 0.25) is 0 Å². The highest BCUT2D eigenvalue weighted by atomic mass is 16.5. The zero-order valence-corrected chi connectivity index (χ0v) is 8.35. The number of carbonyl (C=O) groups excluding carboxylic acids is 1. The van der Waals surface area contributed by atoms with Crippen LogP contribution in [0.5, 0.6) is 0 Å². The number of hydrogen-bond acceptors (Lipinski definition) is 3. The Balaban J connectivity index is 2.15. The summed E-state index contributed by atoms with van der Waals surface area (Å²) in [5, 5.41) is 9.71. The van der Waals surface area contributed by atoms with E-state index in [0.29, 0.717) is 5.92 Å². The third-order valence-electron chi connectivity index (χ3n) is 3.53. The molecule has 0 spiro atoms. The van der Waals surface area contributed by atoms with Crippen LogP contribution in [0, 0.1) is 17.8 Å². The monoisotopic (exact) mass is 196 g/mol. The maximum Gasteiger partial charge on any atom is 0.312 e. The Morgan fingerprint density at radius 2 is 2.21 bits per heavy atom. The fraction of sp³-hybridized carbons (Fsp3) is 0.727. The van der Waals surface area contributed by atoms with Gasteiger partial charge in [-0.1, -0.05) is 12.2 Å². The number of aliphatic hydroxyl groups is 1. The highest BCUT2D eigenvalue weighted by Gasteiger charge is 2.42. The first-order valence-electron chi connectivity index (χ1n) is 5.16. The molecule has 1 saturated carbocycles. The third kappa shape index (κ3) is 1.46. The van der Waals surface area contributed by atoms with Gasteiger partial charge in [-0.15, -0.1) is 0 Å². The largest absolute Gasteiger partial charge is 0.469 e.